The maximum Gasteiger partial charge on any atom is 0.338 e. The molecule has 0 aromatic heterocycles. The molecule has 1 heterocycles. The highest BCUT2D eigenvalue weighted by atomic mass is 35.5. The molecule has 2 amide bonds. The molecule has 0 saturated heterocycles. The number of carbonyl (C=O) groups is 2. The molecule has 3 aromatic rings. The van der Waals surface area contributed by atoms with E-state index in [0.29, 0.717) is 29.1 Å². The number of esters is 1. The van der Waals surface area contributed by atoms with Gasteiger partial charge in [-0.25, -0.2) is 14.0 Å². The van der Waals surface area contributed by atoms with Gasteiger partial charge < -0.3 is 15.4 Å². The van der Waals surface area contributed by atoms with E-state index in [9.17, 15) is 14.0 Å². The molecule has 1 aliphatic rings. The Labute approximate surface area is 196 Å². The molecule has 4 rings (SSSR count). The fourth-order valence-electron chi connectivity index (χ4n) is 3.72. The Balaban J connectivity index is 1.66. The highest BCUT2D eigenvalue weighted by Crippen LogP contribution is 2.30. The molecule has 0 radical (unpaired) electrons. The molecule has 33 heavy (non-hydrogen) atoms. The lowest BCUT2D eigenvalue weighted by Crippen LogP contribution is -2.46. The molecule has 1 aliphatic heterocycles. The lowest BCUT2D eigenvalue weighted by Gasteiger charge is -2.29. The minimum absolute atomic E-state index is 0.0883. The summed E-state index contributed by atoms with van der Waals surface area (Å²) < 4.78 is 19.1. The second-order valence-electron chi connectivity index (χ2n) is 7.63. The predicted octanol–water partition coefficient (Wildman–Crippen LogP) is 5.46. The van der Waals surface area contributed by atoms with Crippen molar-refractivity contribution in [2.75, 3.05) is 0 Å². The average Bonchev–Trinajstić information content (AvgIpc) is 2.83. The van der Waals surface area contributed by atoms with Gasteiger partial charge in [-0.05, 0) is 47.7 Å². The summed E-state index contributed by atoms with van der Waals surface area (Å²) in [5.74, 6) is -0.968. The Morgan fingerprint density at radius 3 is 2.36 bits per heavy atom. The van der Waals surface area contributed by atoms with Crippen molar-refractivity contribution < 1.29 is 18.7 Å². The maximum absolute atomic E-state index is 13.5. The lowest BCUT2D eigenvalue weighted by molar-refractivity contribution is -0.140. The van der Waals surface area contributed by atoms with Gasteiger partial charge in [-0.1, -0.05) is 72.3 Å². The zero-order valence-corrected chi connectivity index (χ0v) is 18.4. The minimum atomic E-state index is -0.774. The van der Waals surface area contributed by atoms with Gasteiger partial charge in [-0.3, -0.25) is 0 Å². The quantitative estimate of drug-likeness (QED) is 0.456. The van der Waals surface area contributed by atoms with Crippen molar-refractivity contribution in [2.45, 2.75) is 25.5 Å². The number of amides is 2. The highest BCUT2D eigenvalue weighted by Gasteiger charge is 2.33. The molecule has 0 fully saturated rings. The number of urea groups is 1. The summed E-state index contributed by atoms with van der Waals surface area (Å²) in [6, 6.07) is 21.2. The number of aryl methyl sites for hydroxylation is 1. The summed E-state index contributed by atoms with van der Waals surface area (Å²) in [6.07, 6.45) is 0.880. The van der Waals surface area contributed by atoms with Crippen LogP contribution in [-0.4, -0.2) is 12.0 Å². The van der Waals surface area contributed by atoms with Crippen molar-refractivity contribution in [3.63, 3.8) is 0 Å². The molecule has 1 atom stereocenters. The number of nitrogens with one attached hydrogen (secondary N) is 2. The summed E-state index contributed by atoms with van der Waals surface area (Å²) >= 11 is 6.28. The van der Waals surface area contributed by atoms with Crippen LogP contribution in [0.15, 0.2) is 90.1 Å². The third-order valence-corrected chi connectivity index (χ3v) is 5.76. The molecule has 1 unspecified atom stereocenters. The van der Waals surface area contributed by atoms with E-state index in [-0.39, 0.29) is 12.2 Å². The summed E-state index contributed by atoms with van der Waals surface area (Å²) in [6.45, 7) is 0.0883. The van der Waals surface area contributed by atoms with Gasteiger partial charge in [0.25, 0.3) is 0 Å². The van der Waals surface area contributed by atoms with E-state index in [1.165, 1.54) is 12.1 Å². The first kappa shape index (κ1) is 22.6. The molecule has 3 aromatic carbocycles. The lowest BCUT2D eigenvalue weighted by atomic mass is 9.93. The number of rotatable bonds is 7. The highest BCUT2D eigenvalue weighted by molar-refractivity contribution is 6.31. The largest absolute Gasteiger partial charge is 0.457 e. The number of allylic oxidation sites excluding steroid dienone is 1. The number of benzene rings is 3. The summed E-state index contributed by atoms with van der Waals surface area (Å²) in [5, 5.41) is 6.13. The van der Waals surface area contributed by atoms with Crippen molar-refractivity contribution >= 4 is 23.6 Å². The maximum atomic E-state index is 13.5. The monoisotopic (exact) mass is 464 g/mol. The molecule has 0 aliphatic carbocycles. The van der Waals surface area contributed by atoms with Crippen LogP contribution < -0.4 is 10.6 Å². The molecule has 168 valence electrons. The Kier molecular flexibility index (Phi) is 7.05. The van der Waals surface area contributed by atoms with Crippen molar-refractivity contribution in [1.82, 2.24) is 10.6 Å². The molecule has 7 heteroatoms. The van der Waals surface area contributed by atoms with Crippen molar-refractivity contribution in [2.24, 2.45) is 0 Å². The summed E-state index contributed by atoms with van der Waals surface area (Å²) in [4.78, 5) is 25.7. The van der Waals surface area contributed by atoms with Crippen LogP contribution >= 0.6 is 11.6 Å². The fraction of sp³-hybridized carbons (Fsp3) is 0.154. The third-order valence-electron chi connectivity index (χ3n) is 5.39. The first-order chi connectivity index (χ1) is 16.0. The normalized spacial score (nSPS) is 15.6. The second-order valence-corrected chi connectivity index (χ2v) is 8.04. The van der Waals surface area contributed by atoms with Crippen LogP contribution in [0.25, 0.3) is 0 Å². The minimum Gasteiger partial charge on any atom is -0.457 e. The van der Waals surface area contributed by atoms with Gasteiger partial charge in [0, 0.05) is 10.7 Å². The van der Waals surface area contributed by atoms with Crippen LogP contribution in [0.4, 0.5) is 9.18 Å². The van der Waals surface area contributed by atoms with Crippen LogP contribution in [0.5, 0.6) is 0 Å². The van der Waals surface area contributed by atoms with Gasteiger partial charge in [0.2, 0.25) is 0 Å². The van der Waals surface area contributed by atoms with Gasteiger partial charge in [-0.2, -0.15) is 0 Å². The van der Waals surface area contributed by atoms with E-state index in [1.54, 1.807) is 18.2 Å². The van der Waals surface area contributed by atoms with Crippen molar-refractivity contribution in [3.05, 3.63) is 118 Å². The number of hydrogen-bond donors (Lipinski definition) is 2. The first-order valence-corrected chi connectivity index (χ1v) is 10.9. The van der Waals surface area contributed by atoms with Gasteiger partial charge in [0.1, 0.15) is 12.4 Å². The van der Waals surface area contributed by atoms with Crippen LogP contribution in [-0.2, 0) is 22.6 Å². The number of ether oxygens (including phenoxy) is 1. The van der Waals surface area contributed by atoms with E-state index in [4.69, 9.17) is 16.3 Å². The van der Waals surface area contributed by atoms with Gasteiger partial charge in [0.15, 0.2) is 0 Å². The van der Waals surface area contributed by atoms with E-state index in [0.717, 1.165) is 11.1 Å². The predicted molar refractivity (Wildman–Crippen MR) is 124 cm³/mol. The van der Waals surface area contributed by atoms with Crippen LogP contribution in [0.2, 0.25) is 5.02 Å². The average molecular weight is 465 g/mol. The SMILES string of the molecule is O=C1NC(CCc2ccccc2Cl)=C(C(=O)OCc2ccccc2)C(c2ccc(F)cc2)N1. The molecule has 0 spiro atoms. The van der Waals surface area contributed by atoms with Crippen molar-refractivity contribution in [1.29, 1.82) is 0 Å². The second kappa shape index (κ2) is 10.3. The molecule has 0 saturated carbocycles. The van der Waals surface area contributed by atoms with Gasteiger partial charge in [0.05, 0.1) is 11.6 Å². The Morgan fingerprint density at radius 2 is 1.64 bits per heavy atom. The van der Waals surface area contributed by atoms with E-state index in [2.05, 4.69) is 10.6 Å². The number of halogens is 2. The van der Waals surface area contributed by atoms with E-state index in [1.807, 2.05) is 48.5 Å². The Morgan fingerprint density at radius 1 is 0.939 bits per heavy atom. The first-order valence-electron chi connectivity index (χ1n) is 10.5. The Bertz CT molecular complexity index is 1180. The molecule has 0 bridgehead atoms. The zero-order valence-electron chi connectivity index (χ0n) is 17.7. The summed E-state index contributed by atoms with van der Waals surface area (Å²) in [5.41, 5.74) is 3.05. The molecule has 5 nitrogen and oxygen atoms in total. The smallest absolute Gasteiger partial charge is 0.338 e. The zero-order chi connectivity index (χ0) is 23.2. The standard InChI is InChI=1S/C26H22ClFN2O3/c27-21-9-5-4-8-18(21)12-15-22-23(25(31)33-16-17-6-2-1-3-7-17)24(30-26(32)29-22)19-10-13-20(28)14-11-19/h1-11,13-14,24H,12,15-16H2,(H2,29,30,32). The fourth-order valence-corrected chi connectivity index (χ4v) is 3.95. The number of hydrogen-bond acceptors (Lipinski definition) is 3. The topological polar surface area (TPSA) is 67.4 Å². The van der Waals surface area contributed by atoms with Crippen LogP contribution in [0.3, 0.4) is 0 Å². The summed E-state index contributed by atoms with van der Waals surface area (Å²) in [7, 11) is 0. The van der Waals surface area contributed by atoms with E-state index >= 15 is 0 Å². The molecular formula is C26H22ClFN2O3. The van der Waals surface area contributed by atoms with Crippen LogP contribution in [0, 0.1) is 5.82 Å². The van der Waals surface area contributed by atoms with Gasteiger partial charge in [-0.15, -0.1) is 0 Å². The van der Waals surface area contributed by atoms with Crippen molar-refractivity contribution in [3.8, 4) is 0 Å². The molecular weight excluding hydrogens is 443 g/mol. The van der Waals surface area contributed by atoms with Gasteiger partial charge >= 0.3 is 12.0 Å². The molecule has 2 N–H and O–H groups in total. The Hall–Kier alpha value is -3.64. The van der Waals surface area contributed by atoms with E-state index < -0.39 is 23.9 Å². The third kappa shape index (κ3) is 5.59. The number of carbonyl (C=O) groups excluding carboxylic acids is 2. The van der Waals surface area contributed by atoms with Crippen LogP contribution in [0.1, 0.15) is 29.2 Å².